The van der Waals surface area contributed by atoms with Gasteiger partial charge in [-0.1, -0.05) is 18.2 Å². The molecule has 1 N–H and O–H groups in total. The first-order chi connectivity index (χ1) is 12.6. The highest BCUT2D eigenvalue weighted by Crippen LogP contribution is 2.23. The Kier molecular flexibility index (Phi) is 6.11. The molecular formula is C19H24N2O4S. The zero-order valence-corrected chi connectivity index (χ0v) is 15.5. The van der Waals surface area contributed by atoms with Crippen molar-refractivity contribution in [2.45, 2.75) is 30.6 Å². The van der Waals surface area contributed by atoms with Crippen LogP contribution in [0.15, 0.2) is 58.0 Å². The van der Waals surface area contributed by atoms with E-state index in [9.17, 15) is 13.2 Å². The molecule has 1 aliphatic rings. The quantitative estimate of drug-likeness (QED) is 0.753. The summed E-state index contributed by atoms with van der Waals surface area (Å²) in [6.45, 7) is 1.35. The van der Waals surface area contributed by atoms with Gasteiger partial charge in [-0.25, -0.2) is 8.42 Å². The summed E-state index contributed by atoms with van der Waals surface area (Å²) in [5.74, 6) is 0.806. The Bertz CT molecular complexity index is 795. The molecule has 26 heavy (non-hydrogen) atoms. The summed E-state index contributed by atoms with van der Waals surface area (Å²) in [7, 11) is -3.47. The first-order valence-corrected chi connectivity index (χ1v) is 10.4. The zero-order chi connectivity index (χ0) is 18.4. The molecule has 1 fully saturated rings. The number of hydrogen-bond donors (Lipinski definition) is 1. The van der Waals surface area contributed by atoms with E-state index in [0.717, 1.165) is 18.6 Å². The van der Waals surface area contributed by atoms with Crippen molar-refractivity contribution in [2.75, 3.05) is 19.6 Å². The lowest BCUT2D eigenvalue weighted by Gasteiger charge is -2.30. The third-order valence-corrected chi connectivity index (χ3v) is 6.60. The van der Waals surface area contributed by atoms with Crippen LogP contribution in [-0.4, -0.2) is 38.3 Å². The predicted molar refractivity (Wildman–Crippen MR) is 98.0 cm³/mol. The Morgan fingerprint density at radius 1 is 1.12 bits per heavy atom. The normalized spacial score (nSPS) is 16.5. The number of furan rings is 1. The molecule has 0 unspecified atom stereocenters. The minimum Gasteiger partial charge on any atom is -0.469 e. The summed E-state index contributed by atoms with van der Waals surface area (Å²) in [5, 5.41) is 2.95. The van der Waals surface area contributed by atoms with Gasteiger partial charge in [0.25, 0.3) is 0 Å². The summed E-state index contributed by atoms with van der Waals surface area (Å²) in [6.07, 6.45) is 4.36. The summed E-state index contributed by atoms with van der Waals surface area (Å²) < 4.78 is 31.9. The lowest BCUT2D eigenvalue weighted by molar-refractivity contribution is -0.126. The topological polar surface area (TPSA) is 79.6 Å². The van der Waals surface area contributed by atoms with Gasteiger partial charge in [0.1, 0.15) is 5.76 Å². The first-order valence-electron chi connectivity index (χ1n) is 8.92. The van der Waals surface area contributed by atoms with Gasteiger partial charge in [0.15, 0.2) is 0 Å². The average molecular weight is 376 g/mol. The number of carbonyl (C=O) groups excluding carboxylic acids is 1. The van der Waals surface area contributed by atoms with Crippen LogP contribution >= 0.6 is 0 Å². The van der Waals surface area contributed by atoms with Crippen LogP contribution in [0.5, 0.6) is 0 Å². The third-order valence-electron chi connectivity index (χ3n) is 4.68. The zero-order valence-electron chi connectivity index (χ0n) is 14.6. The predicted octanol–water partition coefficient (Wildman–Crippen LogP) is 2.43. The summed E-state index contributed by atoms with van der Waals surface area (Å²) in [5.41, 5.74) is 0. The number of carbonyl (C=O) groups is 1. The standard InChI is InChI=1S/C19H24N2O4S/c22-19(20-12-4-6-17-7-5-15-25-17)16-10-13-21(14-11-16)26(23,24)18-8-2-1-3-9-18/h1-3,5,7-9,15-16H,4,6,10-14H2,(H,20,22). The van der Waals surface area contributed by atoms with Gasteiger partial charge >= 0.3 is 0 Å². The first kappa shape index (κ1) is 18.7. The fourth-order valence-corrected chi connectivity index (χ4v) is 4.66. The van der Waals surface area contributed by atoms with Crippen LogP contribution in [0.1, 0.15) is 25.0 Å². The van der Waals surface area contributed by atoms with Gasteiger partial charge in [-0.15, -0.1) is 0 Å². The molecule has 0 bridgehead atoms. The summed E-state index contributed by atoms with van der Waals surface area (Å²) >= 11 is 0. The highest BCUT2D eigenvalue weighted by atomic mass is 32.2. The molecule has 1 aliphatic heterocycles. The highest BCUT2D eigenvalue weighted by molar-refractivity contribution is 7.89. The molecule has 7 heteroatoms. The molecule has 3 rings (SSSR count). The van der Waals surface area contributed by atoms with Gasteiger partial charge in [0.05, 0.1) is 11.2 Å². The van der Waals surface area contributed by atoms with Gasteiger partial charge in [0, 0.05) is 32.0 Å². The number of benzene rings is 1. The lowest BCUT2D eigenvalue weighted by Crippen LogP contribution is -2.43. The van der Waals surface area contributed by atoms with E-state index < -0.39 is 10.0 Å². The van der Waals surface area contributed by atoms with E-state index in [1.165, 1.54) is 4.31 Å². The van der Waals surface area contributed by atoms with Crippen molar-refractivity contribution in [3.8, 4) is 0 Å². The maximum Gasteiger partial charge on any atom is 0.243 e. The molecule has 0 spiro atoms. The molecule has 0 radical (unpaired) electrons. The van der Waals surface area contributed by atoms with E-state index in [1.807, 2.05) is 12.1 Å². The molecule has 1 aromatic heterocycles. The highest BCUT2D eigenvalue weighted by Gasteiger charge is 2.31. The number of nitrogens with one attached hydrogen (secondary N) is 1. The number of aryl methyl sites for hydroxylation is 1. The SMILES string of the molecule is O=C(NCCCc1ccco1)C1CCN(S(=O)(=O)c2ccccc2)CC1. The van der Waals surface area contributed by atoms with Crippen LogP contribution in [-0.2, 0) is 21.2 Å². The minimum absolute atomic E-state index is 0.0150. The molecule has 1 saturated heterocycles. The number of hydrogen-bond acceptors (Lipinski definition) is 4. The summed E-state index contributed by atoms with van der Waals surface area (Å²) in [6, 6.07) is 12.2. The van der Waals surface area contributed by atoms with Crippen molar-refractivity contribution in [1.29, 1.82) is 0 Å². The fourth-order valence-electron chi connectivity index (χ4n) is 3.17. The van der Waals surface area contributed by atoms with E-state index in [-0.39, 0.29) is 11.8 Å². The Labute approximate surface area is 154 Å². The molecule has 2 heterocycles. The van der Waals surface area contributed by atoms with Gasteiger partial charge in [-0.3, -0.25) is 4.79 Å². The second-order valence-electron chi connectivity index (χ2n) is 6.47. The van der Waals surface area contributed by atoms with Crippen molar-refractivity contribution in [2.24, 2.45) is 5.92 Å². The van der Waals surface area contributed by atoms with E-state index in [0.29, 0.717) is 37.4 Å². The Morgan fingerprint density at radius 2 is 1.85 bits per heavy atom. The number of rotatable bonds is 7. The molecule has 0 saturated carbocycles. The van der Waals surface area contributed by atoms with Crippen molar-refractivity contribution in [3.05, 3.63) is 54.5 Å². The van der Waals surface area contributed by atoms with Crippen molar-refractivity contribution in [3.63, 3.8) is 0 Å². The molecule has 0 aliphatic carbocycles. The van der Waals surface area contributed by atoms with Crippen molar-refractivity contribution >= 4 is 15.9 Å². The smallest absolute Gasteiger partial charge is 0.243 e. The monoisotopic (exact) mass is 376 g/mol. The van der Waals surface area contributed by atoms with Gasteiger partial charge in [-0.2, -0.15) is 4.31 Å². The van der Waals surface area contributed by atoms with E-state index in [1.54, 1.807) is 36.6 Å². The van der Waals surface area contributed by atoms with E-state index in [2.05, 4.69) is 5.32 Å². The van der Waals surface area contributed by atoms with E-state index in [4.69, 9.17) is 4.42 Å². The van der Waals surface area contributed by atoms with Crippen LogP contribution < -0.4 is 5.32 Å². The second kappa shape index (κ2) is 8.51. The number of sulfonamides is 1. The molecule has 0 atom stereocenters. The number of nitrogens with zero attached hydrogens (tertiary/aromatic N) is 1. The number of amides is 1. The minimum atomic E-state index is -3.47. The van der Waals surface area contributed by atoms with Crippen LogP contribution in [0.3, 0.4) is 0 Å². The molecule has 2 aromatic rings. The summed E-state index contributed by atoms with van der Waals surface area (Å²) in [4.78, 5) is 12.6. The Balaban J connectivity index is 1.43. The molecule has 1 aromatic carbocycles. The molecule has 1 amide bonds. The molecular weight excluding hydrogens is 352 g/mol. The Hall–Kier alpha value is -2.12. The number of piperidine rings is 1. The van der Waals surface area contributed by atoms with E-state index >= 15 is 0 Å². The fraction of sp³-hybridized carbons (Fsp3) is 0.421. The second-order valence-corrected chi connectivity index (χ2v) is 8.40. The maximum atomic E-state index is 12.6. The van der Waals surface area contributed by atoms with Crippen LogP contribution in [0.2, 0.25) is 0 Å². The third kappa shape index (κ3) is 4.53. The van der Waals surface area contributed by atoms with Crippen LogP contribution in [0, 0.1) is 5.92 Å². The lowest BCUT2D eigenvalue weighted by atomic mass is 9.97. The Morgan fingerprint density at radius 3 is 2.50 bits per heavy atom. The van der Waals surface area contributed by atoms with Crippen LogP contribution in [0.4, 0.5) is 0 Å². The van der Waals surface area contributed by atoms with Crippen molar-refractivity contribution in [1.82, 2.24) is 9.62 Å². The average Bonchev–Trinajstić information content (AvgIpc) is 3.19. The molecule has 140 valence electrons. The van der Waals surface area contributed by atoms with Gasteiger partial charge in [0.2, 0.25) is 15.9 Å². The van der Waals surface area contributed by atoms with Gasteiger partial charge < -0.3 is 9.73 Å². The maximum absolute atomic E-state index is 12.6. The van der Waals surface area contributed by atoms with Crippen molar-refractivity contribution < 1.29 is 17.6 Å². The van der Waals surface area contributed by atoms with Crippen LogP contribution in [0.25, 0.3) is 0 Å². The largest absolute Gasteiger partial charge is 0.469 e. The molecule has 6 nitrogen and oxygen atoms in total. The van der Waals surface area contributed by atoms with Gasteiger partial charge in [-0.05, 0) is 43.5 Å².